The summed E-state index contributed by atoms with van der Waals surface area (Å²) >= 11 is 0. The quantitative estimate of drug-likeness (QED) is 0.344. The number of urea groups is 1. The van der Waals surface area contributed by atoms with Gasteiger partial charge in [0.25, 0.3) is 0 Å². The van der Waals surface area contributed by atoms with Crippen molar-refractivity contribution in [3.63, 3.8) is 0 Å². The van der Waals surface area contributed by atoms with Gasteiger partial charge in [0.05, 0.1) is 24.3 Å². The molecule has 3 aromatic carbocycles. The molecular formula is C26H17F9N2O4. The maximum atomic E-state index is 14.0. The van der Waals surface area contributed by atoms with Crippen molar-refractivity contribution in [2.75, 3.05) is 23.0 Å². The molecule has 1 N–H and O–H groups in total. The average molecular weight is 592 g/mol. The first-order chi connectivity index (χ1) is 19.0. The van der Waals surface area contributed by atoms with Gasteiger partial charge < -0.3 is 14.6 Å². The number of carbonyl (C=O) groups excluding carboxylic acids is 1. The van der Waals surface area contributed by atoms with Gasteiger partial charge in [0.1, 0.15) is 11.3 Å². The largest absolute Gasteiger partial charge is 0.573 e. The minimum Gasteiger partial charge on any atom is -0.406 e. The maximum absolute atomic E-state index is 14.0. The maximum Gasteiger partial charge on any atom is 0.573 e. The van der Waals surface area contributed by atoms with Crippen LogP contribution in [-0.2, 0) is 22.8 Å². The molecule has 2 fully saturated rings. The third-order valence-corrected chi connectivity index (χ3v) is 6.84. The lowest BCUT2D eigenvalue weighted by Gasteiger charge is -2.51. The van der Waals surface area contributed by atoms with E-state index in [9.17, 15) is 49.4 Å². The van der Waals surface area contributed by atoms with E-state index in [1.54, 1.807) is 0 Å². The molecule has 2 heterocycles. The Morgan fingerprint density at radius 2 is 1.22 bits per heavy atom. The summed E-state index contributed by atoms with van der Waals surface area (Å²) in [5.74, 6) is -0.772. The summed E-state index contributed by atoms with van der Waals surface area (Å²) in [5, 5.41) is 12.3. The molecule has 1 unspecified atom stereocenters. The molecule has 0 bridgehead atoms. The number of aliphatic hydroxyl groups is 1. The minimum absolute atomic E-state index is 0.137. The zero-order chi connectivity index (χ0) is 30.0. The van der Waals surface area contributed by atoms with Crippen LogP contribution in [0.5, 0.6) is 5.75 Å². The monoisotopic (exact) mass is 592 g/mol. The van der Waals surface area contributed by atoms with Gasteiger partial charge in [-0.25, -0.2) is 4.79 Å². The molecule has 6 nitrogen and oxygen atoms in total. The number of anilines is 2. The summed E-state index contributed by atoms with van der Waals surface area (Å²) in [6.07, 6.45) is -14.6. The Morgan fingerprint density at radius 1 is 0.732 bits per heavy atom. The number of amides is 2. The van der Waals surface area contributed by atoms with E-state index in [-0.39, 0.29) is 16.9 Å². The zero-order valence-electron chi connectivity index (χ0n) is 20.3. The molecule has 2 amide bonds. The summed E-state index contributed by atoms with van der Waals surface area (Å²) in [7, 11) is 0. The van der Waals surface area contributed by atoms with Crippen molar-refractivity contribution in [2.45, 2.75) is 30.0 Å². The number of carbonyl (C=O) groups is 1. The Labute approximate surface area is 225 Å². The number of halogens is 9. The van der Waals surface area contributed by atoms with Gasteiger partial charge in [0.2, 0.25) is 5.72 Å². The average Bonchev–Trinajstić information content (AvgIpc) is 3.06. The first-order valence-electron chi connectivity index (χ1n) is 11.6. The molecule has 15 heteroatoms. The van der Waals surface area contributed by atoms with Crippen LogP contribution in [0, 0.1) is 0 Å². The third kappa shape index (κ3) is 4.72. The van der Waals surface area contributed by atoms with E-state index in [2.05, 4.69) is 4.74 Å². The molecular weight excluding hydrogens is 575 g/mol. The van der Waals surface area contributed by atoms with E-state index in [1.807, 2.05) is 0 Å². The van der Waals surface area contributed by atoms with Crippen LogP contribution in [0.15, 0.2) is 72.8 Å². The molecule has 0 radical (unpaired) electrons. The smallest absolute Gasteiger partial charge is 0.406 e. The highest BCUT2D eigenvalue weighted by molar-refractivity contribution is 6.09. The van der Waals surface area contributed by atoms with Crippen LogP contribution < -0.4 is 14.5 Å². The van der Waals surface area contributed by atoms with Crippen molar-refractivity contribution >= 4 is 17.4 Å². The third-order valence-electron chi connectivity index (χ3n) is 6.84. The van der Waals surface area contributed by atoms with Gasteiger partial charge in [-0.3, -0.25) is 9.80 Å². The van der Waals surface area contributed by atoms with Crippen molar-refractivity contribution in [1.29, 1.82) is 0 Å². The van der Waals surface area contributed by atoms with Gasteiger partial charge in [-0.1, -0.05) is 12.1 Å². The fourth-order valence-electron chi connectivity index (χ4n) is 4.97. The number of hydrogen-bond donors (Lipinski definition) is 1. The van der Waals surface area contributed by atoms with Crippen molar-refractivity contribution in [3.05, 3.63) is 89.5 Å². The molecule has 5 rings (SSSR count). The van der Waals surface area contributed by atoms with Gasteiger partial charge in [0.15, 0.2) is 0 Å². The summed E-state index contributed by atoms with van der Waals surface area (Å²) in [5.41, 5.74) is -7.31. The van der Waals surface area contributed by atoms with Crippen molar-refractivity contribution < 1.29 is 58.9 Å². The summed E-state index contributed by atoms with van der Waals surface area (Å²) in [4.78, 5) is 15.6. The Hall–Kier alpha value is -3.98. The van der Waals surface area contributed by atoms with Gasteiger partial charge >= 0.3 is 24.7 Å². The van der Waals surface area contributed by atoms with Crippen LogP contribution in [0.3, 0.4) is 0 Å². The second kappa shape index (κ2) is 9.27. The highest BCUT2D eigenvalue weighted by atomic mass is 19.4. The second-order valence-corrected chi connectivity index (χ2v) is 9.31. The number of benzene rings is 3. The number of alkyl halides is 9. The SMILES string of the molecule is O=C1N(c2ccc(C(F)(F)F)cc2)C2(COC2)C(O)(c2cccc(OC(F)(F)F)c2)N1c1ccc(C(F)(F)F)cc1. The zero-order valence-corrected chi connectivity index (χ0v) is 20.3. The lowest BCUT2D eigenvalue weighted by molar-refractivity contribution is -0.274. The number of rotatable bonds is 4. The van der Waals surface area contributed by atoms with E-state index < -0.39 is 66.1 Å². The van der Waals surface area contributed by atoms with Crippen LogP contribution >= 0.6 is 0 Å². The van der Waals surface area contributed by atoms with E-state index in [1.165, 1.54) is 6.07 Å². The Bertz CT molecular complexity index is 1450. The second-order valence-electron chi connectivity index (χ2n) is 9.31. The fraction of sp³-hybridized carbons (Fsp3) is 0.269. The highest BCUT2D eigenvalue weighted by Gasteiger charge is 2.72. The van der Waals surface area contributed by atoms with Crippen LogP contribution in [0.2, 0.25) is 0 Å². The lowest BCUT2D eigenvalue weighted by Crippen LogP contribution is -2.70. The first kappa shape index (κ1) is 28.5. The normalized spacial score (nSPS) is 20.9. The molecule has 0 saturated carbocycles. The molecule has 1 atom stereocenters. The van der Waals surface area contributed by atoms with Gasteiger partial charge in [-0.05, 0) is 60.7 Å². The lowest BCUT2D eigenvalue weighted by atomic mass is 9.78. The van der Waals surface area contributed by atoms with Crippen LogP contribution in [0.25, 0.3) is 0 Å². The molecule has 2 saturated heterocycles. The Kier molecular flexibility index (Phi) is 6.46. The van der Waals surface area contributed by atoms with E-state index >= 15 is 0 Å². The van der Waals surface area contributed by atoms with Crippen LogP contribution in [-0.4, -0.2) is 36.3 Å². The molecule has 2 aliphatic rings. The molecule has 218 valence electrons. The Balaban J connectivity index is 1.70. The standard InChI is InChI=1S/C26H17F9N2O4/c27-24(28,29)15-4-8-18(9-5-15)36-21(38)37(19-10-6-16(7-11-19)25(30,31)32)23(39,22(36)13-40-14-22)17-2-1-3-20(12-17)41-26(33,34)35/h1-12,39H,13-14H2. The molecule has 0 aliphatic carbocycles. The first-order valence-corrected chi connectivity index (χ1v) is 11.6. The predicted molar refractivity (Wildman–Crippen MR) is 124 cm³/mol. The minimum atomic E-state index is -5.12. The number of ether oxygens (including phenoxy) is 2. The topological polar surface area (TPSA) is 62.2 Å². The molecule has 3 aromatic rings. The van der Waals surface area contributed by atoms with Gasteiger partial charge in [0, 0.05) is 16.9 Å². The molecule has 41 heavy (non-hydrogen) atoms. The summed E-state index contributed by atoms with van der Waals surface area (Å²) in [6.45, 7) is -0.866. The fourth-order valence-corrected chi connectivity index (χ4v) is 4.97. The van der Waals surface area contributed by atoms with E-state index in [0.717, 1.165) is 47.4 Å². The van der Waals surface area contributed by atoms with E-state index in [0.29, 0.717) is 29.2 Å². The van der Waals surface area contributed by atoms with Crippen molar-refractivity contribution in [3.8, 4) is 5.75 Å². The van der Waals surface area contributed by atoms with E-state index in [4.69, 9.17) is 4.74 Å². The van der Waals surface area contributed by atoms with Gasteiger partial charge in [-0.15, -0.1) is 13.2 Å². The summed E-state index contributed by atoms with van der Waals surface area (Å²) in [6, 6.07) is 9.23. The molecule has 0 aromatic heterocycles. The highest BCUT2D eigenvalue weighted by Crippen LogP contribution is 2.54. The van der Waals surface area contributed by atoms with Crippen LogP contribution in [0.4, 0.5) is 55.7 Å². The Morgan fingerprint density at radius 3 is 1.63 bits per heavy atom. The van der Waals surface area contributed by atoms with Crippen molar-refractivity contribution in [2.24, 2.45) is 0 Å². The van der Waals surface area contributed by atoms with Crippen LogP contribution in [0.1, 0.15) is 16.7 Å². The van der Waals surface area contributed by atoms with Crippen molar-refractivity contribution in [1.82, 2.24) is 0 Å². The molecule has 1 spiro atoms. The number of nitrogens with zero attached hydrogens (tertiary/aromatic N) is 2. The summed E-state index contributed by atoms with van der Waals surface area (Å²) < 4.78 is 127. The van der Waals surface area contributed by atoms with Gasteiger partial charge in [-0.2, -0.15) is 26.3 Å². The molecule has 2 aliphatic heterocycles. The number of hydrogen-bond acceptors (Lipinski definition) is 4. The predicted octanol–water partition coefficient (Wildman–Crippen LogP) is 6.68.